The van der Waals surface area contributed by atoms with E-state index in [2.05, 4.69) is 28.7 Å². The number of aromatic amines is 1. The van der Waals surface area contributed by atoms with Crippen molar-refractivity contribution in [3.05, 3.63) is 17.7 Å². The van der Waals surface area contributed by atoms with Gasteiger partial charge in [0.05, 0.1) is 17.9 Å². The number of ether oxygens (including phenoxy) is 1. The topological polar surface area (TPSA) is 132 Å². The highest BCUT2D eigenvalue weighted by atomic mass is 16.5. The average Bonchev–Trinajstić information content (AvgIpc) is 3.31. The zero-order valence-corrected chi connectivity index (χ0v) is 18.6. The lowest BCUT2D eigenvalue weighted by Gasteiger charge is -2.33. The van der Waals surface area contributed by atoms with Crippen LogP contribution in [-0.4, -0.2) is 54.8 Å². The molecule has 1 saturated carbocycles. The van der Waals surface area contributed by atoms with E-state index in [4.69, 9.17) is 30.5 Å². The van der Waals surface area contributed by atoms with Crippen LogP contribution >= 0.6 is 0 Å². The fraction of sp³-hybridized carbons (Fsp3) is 0.714. The molecule has 0 radical (unpaired) electrons. The van der Waals surface area contributed by atoms with E-state index in [0.717, 1.165) is 81.5 Å². The molecule has 1 fully saturated rings. The van der Waals surface area contributed by atoms with Crippen molar-refractivity contribution < 1.29 is 14.6 Å². The summed E-state index contributed by atoms with van der Waals surface area (Å²) in [5.41, 5.74) is 8.28. The van der Waals surface area contributed by atoms with Gasteiger partial charge in [0.25, 0.3) is 5.97 Å². The van der Waals surface area contributed by atoms with Crippen LogP contribution in [0.3, 0.4) is 0 Å². The molecule has 0 amide bonds. The molecule has 168 valence electrons. The minimum absolute atomic E-state index is 0.115. The summed E-state index contributed by atoms with van der Waals surface area (Å²) < 4.78 is 8.12. The van der Waals surface area contributed by atoms with Gasteiger partial charge in [0.2, 0.25) is 0 Å². The van der Waals surface area contributed by atoms with Gasteiger partial charge in [0, 0.05) is 37.7 Å². The number of aliphatic carboxylic acids is 1. The molecule has 3 rings (SSSR count). The molecular weight excluding hydrogens is 384 g/mol. The van der Waals surface area contributed by atoms with Crippen LogP contribution in [0.4, 0.5) is 0 Å². The van der Waals surface area contributed by atoms with Crippen LogP contribution < -0.4 is 5.73 Å². The second-order valence-corrected chi connectivity index (χ2v) is 7.88. The highest BCUT2D eigenvalue weighted by Gasteiger charge is 2.32. The molecule has 0 aromatic carbocycles. The second-order valence-electron chi connectivity index (χ2n) is 7.88. The van der Waals surface area contributed by atoms with Crippen LogP contribution in [0, 0.1) is 6.92 Å². The lowest BCUT2D eigenvalue weighted by molar-refractivity contribution is -0.134. The van der Waals surface area contributed by atoms with E-state index in [-0.39, 0.29) is 12.1 Å². The molecule has 2 aromatic rings. The highest BCUT2D eigenvalue weighted by Crippen LogP contribution is 2.34. The van der Waals surface area contributed by atoms with Gasteiger partial charge in [-0.05, 0) is 39.0 Å². The van der Waals surface area contributed by atoms with Crippen molar-refractivity contribution in [3.63, 3.8) is 0 Å². The van der Waals surface area contributed by atoms with Gasteiger partial charge in [-0.1, -0.05) is 20.3 Å². The Kier molecular flexibility index (Phi) is 9.45. The molecule has 2 heterocycles. The second kappa shape index (κ2) is 11.8. The Balaban J connectivity index is 0.000000735. The molecule has 0 unspecified atom stereocenters. The average molecular weight is 421 g/mol. The number of carboxylic acids is 1. The summed E-state index contributed by atoms with van der Waals surface area (Å²) in [5.74, 6) is 1.36. The number of unbranched alkanes of at least 4 members (excludes halogenated alkanes) is 1. The van der Waals surface area contributed by atoms with Crippen molar-refractivity contribution in [2.45, 2.75) is 90.8 Å². The van der Waals surface area contributed by atoms with Crippen LogP contribution in [0.1, 0.15) is 76.7 Å². The predicted octanol–water partition coefficient (Wildman–Crippen LogP) is 3.26. The van der Waals surface area contributed by atoms with Crippen LogP contribution in [0.5, 0.6) is 0 Å². The normalized spacial score (nSPS) is 21.2. The van der Waals surface area contributed by atoms with Crippen molar-refractivity contribution in [1.82, 2.24) is 25.0 Å². The van der Waals surface area contributed by atoms with Gasteiger partial charge in [-0.15, -0.1) is 0 Å². The molecule has 1 aliphatic rings. The summed E-state index contributed by atoms with van der Waals surface area (Å²) in [6.45, 7) is 9.09. The molecule has 0 bridgehead atoms. The molecule has 4 N–H and O–H groups in total. The summed E-state index contributed by atoms with van der Waals surface area (Å²) in [6.07, 6.45) is 8.12. The molecule has 2 aromatic heterocycles. The number of nitrogens with one attached hydrogen (secondary N) is 1. The third-order valence-electron chi connectivity index (χ3n) is 5.24. The maximum Gasteiger partial charge on any atom is 0.300 e. The summed E-state index contributed by atoms with van der Waals surface area (Å²) in [4.78, 5) is 13.9. The predicted molar refractivity (Wildman–Crippen MR) is 115 cm³/mol. The first-order valence-corrected chi connectivity index (χ1v) is 10.9. The number of rotatable bonds is 8. The summed E-state index contributed by atoms with van der Waals surface area (Å²) in [6, 6.07) is 0.125. The number of hydrogen-bond acceptors (Lipinski definition) is 6. The Morgan fingerprint density at radius 2 is 2.10 bits per heavy atom. The summed E-state index contributed by atoms with van der Waals surface area (Å²) in [5, 5.41) is 19.3. The van der Waals surface area contributed by atoms with Gasteiger partial charge >= 0.3 is 0 Å². The molecule has 0 aliphatic heterocycles. The summed E-state index contributed by atoms with van der Waals surface area (Å²) in [7, 11) is 0. The number of carbonyl (C=O) groups is 1. The zero-order chi connectivity index (χ0) is 22.1. The number of aryl methyl sites for hydroxylation is 2. The van der Waals surface area contributed by atoms with Crippen molar-refractivity contribution in [2.24, 2.45) is 5.73 Å². The quantitative estimate of drug-likeness (QED) is 0.597. The van der Waals surface area contributed by atoms with Crippen molar-refractivity contribution in [3.8, 4) is 11.4 Å². The molecule has 3 atom stereocenters. The fourth-order valence-electron chi connectivity index (χ4n) is 3.67. The Morgan fingerprint density at radius 1 is 1.37 bits per heavy atom. The number of hydrogen-bond donors (Lipinski definition) is 3. The maximum absolute atomic E-state index is 9.00. The van der Waals surface area contributed by atoms with E-state index in [0.29, 0.717) is 5.92 Å². The Hall–Kier alpha value is -2.26. The molecule has 30 heavy (non-hydrogen) atoms. The lowest BCUT2D eigenvalue weighted by Crippen LogP contribution is -2.42. The maximum atomic E-state index is 9.00. The number of nitrogens with two attached hydrogens (primary N) is 1. The smallest absolute Gasteiger partial charge is 0.300 e. The largest absolute Gasteiger partial charge is 0.481 e. The SMILES string of the molecule is CC(=O)O.CCCCn1nc(-c2cn[nH]c2C)nc1[C@H]1CC[C@@H](N)[C@H](OCCC)C1. The third-order valence-corrected chi connectivity index (χ3v) is 5.24. The first kappa shape index (κ1) is 24.0. The molecule has 0 saturated heterocycles. The molecule has 0 spiro atoms. The Bertz CT molecular complexity index is 784. The first-order chi connectivity index (χ1) is 14.4. The van der Waals surface area contributed by atoms with Gasteiger partial charge in [0.1, 0.15) is 5.82 Å². The minimum atomic E-state index is -0.833. The number of H-pyrrole nitrogens is 1. The third kappa shape index (κ3) is 6.63. The first-order valence-electron chi connectivity index (χ1n) is 10.9. The molecule has 1 aliphatic carbocycles. The monoisotopic (exact) mass is 420 g/mol. The van der Waals surface area contributed by atoms with Gasteiger partial charge in [-0.3, -0.25) is 9.89 Å². The van der Waals surface area contributed by atoms with Crippen molar-refractivity contribution in [1.29, 1.82) is 0 Å². The van der Waals surface area contributed by atoms with Crippen LogP contribution in [0.15, 0.2) is 6.20 Å². The molecule has 9 heteroatoms. The minimum Gasteiger partial charge on any atom is -0.481 e. The fourth-order valence-corrected chi connectivity index (χ4v) is 3.67. The van der Waals surface area contributed by atoms with Gasteiger partial charge in [0.15, 0.2) is 5.82 Å². The zero-order valence-electron chi connectivity index (χ0n) is 18.6. The van der Waals surface area contributed by atoms with E-state index in [9.17, 15) is 0 Å². The van der Waals surface area contributed by atoms with Crippen LogP contribution in [-0.2, 0) is 16.1 Å². The highest BCUT2D eigenvalue weighted by molar-refractivity contribution is 5.63. The van der Waals surface area contributed by atoms with Gasteiger partial charge < -0.3 is 15.6 Å². The Morgan fingerprint density at radius 3 is 2.70 bits per heavy atom. The van der Waals surface area contributed by atoms with E-state index in [1.165, 1.54) is 0 Å². The van der Waals surface area contributed by atoms with Crippen LogP contribution in [0.2, 0.25) is 0 Å². The lowest BCUT2D eigenvalue weighted by atomic mass is 9.83. The standard InChI is InChI=1S/C19H32N6O.C2H4O2/c1-4-6-9-25-19(22-18(24-25)15-12-21-23-13(15)3)14-7-8-16(20)17(11-14)26-10-5-2;1-2(3)4/h12,14,16-17H,4-11,20H2,1-3H3,(H,21,23);1H3,(H,3,4)/t14-,16+,17+;/m0./s1. The number of nitrogens with zero attached hydrogens (tertiary/aromatic N) is 4. The molecule has 9 nitrogen and oxygen atoms in total. The molecular formula is C21H36N6O3. The van der Waals surface area contributed by atoms with E-state index >= 15 is 0 Å². The van der Waals surface area contributed by atoms with Crippen LogP contribution in [0.25, 0.3) is 11.4 Å². The van der Waals surface area contributed by atoms with Gasteiger partial charge in [-0.25, -0.2) is 9.67 Å². The van der Waals surface area contributed by atoms with E-state index in [1.54, 1.807) is 0 Å². The number of aromatic nitrogens is 5. The van der Waals surface area contributed by atoms with Crippen molar-refractivity contribution in [2.75, 3.05) is 6.61 Å². The van der Waals surface area contributed by atoms with E-state index < -0.39 is 5.97 Å². The van der Waals surface area contributed by atoms with Crippen molar-refractivity contribution >= 4 is 5.97 Å². The van der Waals surface area contributed by atoms with Gasteiger partial charge in [-0.2, -0.15) is 10.2 Å². The Labute approximate surface area is 178 Å². The number of carboxylic acid groups (broad SMARTS) is 1. The summed E-state index contributed by atoms with van der Waals surface area (Å²) >= 11 is 0. The van der Waals surface area contributed by atoms with E-state index in [1.807, 2.05) is 13.1 Å².